The van der Waals surface area contributed by atoms with Crippen molar-refractivity contribution in [3.05, 3.63) is 64.6 Å². The van der Waals surface area contributed by atoms with Gasteiger partial charge in [0, 0.05) is 21.8 Å². The molecule has 0 atom stereocenters. The Morgan fingerprint density at radius 2 is 1.77 bits per heavy atom. The van der Waals surface area contributed by atoms with Gasteiger partial charge in [-0.25, -0.2) is 13.1 Å². The number of nitrogens with one attached hydrogen (secondary N) is 2. The van der Waals surface area contributed by atoms with Gasteiger partial charge in [0.15, 0.2) is 0 Å². The molecule has 2 rings (SSSR count). The van der Waals surface area contributed by atoms with Crippen LogP contribution in [0.4, 0.5) is 5.69 Å². The normalized spacial score (nSPS) is 12.3. The third kappa shape index (κ3) is 6.40. The van der Waals surface area contributed by atoms with E-state index in [9.17, 15) is 13.2 Å². The summed E-state index contributed by atoms with van der Waals surface area (Å²) in [7, 11) is -3.66. The summed E-state index contributed by atoms with van der Waals surface area (Å²) >= 11 is 3.37. The standard InChI is InChI=1S/C19H21BrN2O3S/c1-19(2,3)22-26(24,25)17-9-5-8-16(13-17)21-18(23)11-10-14-6-4-7-15(20)12-14/h4-13,22H,1-3H3,(H,21,23)/b11-10+. The number of sulfonamides is 1. The van der Waals surface area contributed by atoms with Gasteiger partial charge >= 0.3 is 0 Å². The molecule has 2 N–H and O–H groups in total. The van der Waals surface area contributed by atoms with Gasteiger partial charge in [0.05, 0.1) is 4.90 Å². The van der Waals surface area contributed by atoms with E-state index in [1.807, 2.05) is 24.3 Å². The highest BCUT2D eigenvalue weighted by atomic mass is 79.9. The Balaban J connectivity index is 2.12. The maximum atomic E-state index is 12.4. The number of hydrogen-bond acceptors (Lipinski definition) is 3. The molecule has 0 aliphatic rings. The van der Waals surface area contributed by atoms with Crippen LogP contribution in [-0.4, -0.2) is 19.9 Å². The van der Waals surface area contributed by atoms with Crippen LogP contribution in [0.25, 0.3) is 6.08 Å². The molecule has 0 fully saturated rings. The number of rotatable bonds is 5. The molecule has 0 aliphatic carbocycles. The second-order valence-corrected chi connectivity index (χ2v) is 9.36. The van der Waals surface area contributed by atoms with Gasteiger partial charge in [0.2, 0.25) is 15.9 Å². The topological polar surface area (TPSA) is 75.3 Å². The van der Waals surface area contributed by atoms with Crippen molar-refractivity contribution in [1.82, 2.24) is 4.72 Å². The minimum absolute atomic E-state index is 0.0983. The average molecular weight is 437 g/mol. The lowest BCUT2D eigenvalue weighted by atomic mass is 10.1. The molecule has 0 aromatic heterocycles. The SMILES string of the molecule is CC(C)(C)NS(=O)(=O)c1cccc(NC(=O)/C=C/c2cccc(Br)c2)c1. The van der Waals surface area contributed by atoms with Gasteiger partial charge in [-0.2, -0.15) is 0 Å². The fourth-order valence-electron chi connectivity index (χ4n) is 2.17. The van der Waals surface area contributed by atoms with Crippen LogP contribution < -0.4 is 10.0 Å². The van der Waals surface area contributed by atoms with Crippen molar-refractivity contribution < 1.29 is 13.2 Å². The van der Waals surface area contributed by atoms with Gasteiger partial charge < -0.3 is 5.32 Å². The molecule has 1 amide bonds. The lowest BCUT2D eigenvalue weighted by Gasteiger charge is -2.20. The summed E-state index contributed by atoms with van der Waals surface area (Å²) in [5.41, 5.74) is 0.691. The summed E-state index contributed by atoms with van der Waals surface area (Å²) in [6.07, 6.45) is 3.08. The number of hydrogen-bond donors (Lipinski definition) is 2. The lowest BCUT2D eigenvalue weighted by Crippen LogP contribution is -2.40. The molecule has 0 saturated carbocycles. The van der Waals surface area contributed by atoms with Crippen LogP contribution in [-0.2, 0) is 14.8 Å². The van der Waals surface area contributed by atoms with E-state index in [4.69, 9.17) is 0 Å². The number of carbonyl (C=O) groups is 1. The maximum Gasteiger partial charge on any atom is 0.248 e. The first kappa shape index (κ1) is 20.4. The van der Waals surface area contributed by atoms with E-state index >= 15 is 0 Å². The van der Waals surface area contributed by atoms with Gasteiger partial charge in [0.25, 0.3) is 0 Å². The maximum absolute atomic E-state index is 12.4. The van der Waals surface area contributed by atoms with Gasteiger partial charge in [-0.05, 0) is 62.7 Å². The molecule has 0 heterocycles. The summed E-state index contributed by atoms with van der Waals surface area (Å²) in [4.78, 5) is 12.2. The second kappa shape index (κ2) is 8.16. The van der Waals surface area contributed by atoms with Crippen molar-refractivity contribution >= 4 is 43.6 Å². The highest BCUT2D eigenvalue weighted by Crippen LogP contribution is 2.18. The second-order valence-electron chi connectivity index (χ2n) is 6.76. The minimum atomic E-state index is -3.66. The predicted octanol–water partition coefficient (Wildman–Crippen LogP) is 4.18. The number of benzene rings is 2. The molecular formula is C19H21BrN2O3S. The number of halogens is 1. The zero-order valence-corrected chi connectivity index (χ0v) is 17.2. The highest BCUT2D eigenvalue weighted by molar-refractivity contribution is 9.10. The molecule has 0 unspecified atom stereocenters. The summed E-state index contributed by atoms with van der Waals surface area (Å²) in [6, 6.07) is 13.7. The Labute approximate surface area is 162 Å². The Morgan fingerprint density at radius 1 is 1.08 bits per heavy atom. The van der Waals surface area contributed by atoms with E-state index in [1.165, 1.54) is 18.2 Å². The van der Waals surface area contributed by atoms with Crippen LogP contribution in [0.1, 0.15) is 26.3 Å². The first-order valence-corrected chi connectivity index (χ1v) is 10.2. The molecule has 0 saturated heterocycles. The summed E-state index contributed by atoms with van der Waals surface area (Å²) in [5.74, 6) is -0.344. The summed E-state index contributed by atoms with van der Waals surface area (Å²) < 4.78 is 28.3. The zero-order chi connectivity index (χ0) is 19.4. The zero-order valence-electron chi connectivity index (χ0n) is 14.8. The molecular weight excluding hydrogens is 416 g/mol. The third-order valence-corrected chi connectivity index (χ3v) is 5.38. The number of amides is 1. The van der Waals surface area contributed by atoms with E-state index in [2.05, 4.69) is 26.0 Å². The van der Waals surface area contributed by atoms with Crippen LogP contribution in [0.2, 0.25) is 0 Å². The van der Waals surface area contributed by atoms with Gasteiger partial charge in [-0.1, -0.05) is 34.1 Å². The summed E-state index contributed by atoms with van der Waals surface area (Å²) in [6.45, 7) is 5.30. The molecule has 5 nitrogen and oxygen atoms in total. The molecule has 0 radical (unpaired) electrons. The molecule has 2 aromatic carbocycles. The first-order chi connectivity index (χ1) is 12.0. The molecule has 2 aromatic rings. The Hall–Kier alpha value is -1.96. The molecule has 0 spiro atoms. The van der Waals surface area contributed by atoms with Crippen LogP contribution >= 0.6 is 15.9 Å². The monoisotopic (exact) mass is 436 g/mol. The Bertz CT molecular complexity index is 932. The Morgan fingerprint density at radius 3 is 2.42 bits per heavy atom. The van der Waals surface area contributed by atoms with Gasteiger partial charge in [-0.15, -0.1) is 0 Å². The minimum Gasteiger partial charge on any atom is -0.322 e. The number of carbonyl (C=O) groups excluding carboxylic acids is 1. The van der Waals surface area contributed by atoms with Crippen molar-refractivity contribution in [3.8, 4) is 0 Å². The van der Waals surface area contributed by atoms with Crippen molar-refractivity contribution in [2.24, 2.45) is 0 Å². The lowest BCUT2D eigenvalue weighted by molar-refractivity contribution is -0.111. The van der Waals surface area contributed by atoms with Crippen molar-refractivity contribution in [2.75, 3.05) is 5.32 Å². The van der Waals surface area contributed by atoms with Crippen molar-refractivity contribution in [2.45, 2.75) is 31.2 Å². The van der Waals surface area contributed by atoms with Crippen molar-refractivity contribution in [3.63, 3.8) is 0 Å². The highest BCUT2D eigenvalue weighted by Gasteiger charge is 2.22. The van der Waals surface area contributed by atoms with E-state index < -0.39 is 15.6 Å². The molecule has 0 aliphatic heterocycles. The quantitative estimate of drug-likeness (QED) is 0.690. The largest absolute Gasteiger partial charge is 0.322 e. The van der Waals surface area contributed by atoms with E-state index in [1.54, 1.807) is 39.0 Å². The molecule has 0 bridgehead atoms. The van der Waals surface area contributed by atoms with E-state index in [-0.39, 0.29) is 10.8 Å². The predicted molar refractivity (Wildman–Crippen MR) is 108 cm³/mol. The van der Waals surface area contributed by atoms with Crippen molar-refractivity contribution in [1.29, 1.82) is 0 Å². The fourth-order valence-corrected chi connectivity index (χ4v) is 4.05. The van der Waals surface area contributed by atoms with E-state index in [0.717, 1.165) is 10.0 Å². The average Bonchev–Trinajstić information content (AvgIpc) is 2.51. The molecule has 138 valence electrons. The third-order valence-electron chi connectivity index (χ3n) is 3.13. The summed E-state index contributed by atoms with van der Waals surface area (Å²) in [5, 5.41) is 2.67. The van der Waals surface area contributed by atoms with Crippen LogP contribution in [0.3, 0.4) is 0 Å². The van der Waals surface area contributed by atoms with Crippen LogP contribution in [0, 0.1) is 0 Å². The van der Waals surface area contributed by atoms with E-state index in [0.29, 0.717) is 5.69 Å². The van der Waals surface area contributed by atoms with Gasteiger partial charge in [-0.3, -0.25) is 4.79 Å². The smallest absolute Gasteiger partial charge is 0.248 e. The number of anilines is 1. The molecule has 26 heavy (non-hydrogen) atoms. The van der Waals surface area contributed by atoms with Crippen LogP contribution in [0.5, 0.6) is 0 Å². The molecule has 7 heteroatoms. The Kier molecular flexibility index (Phi) is 6.39. The first-order valence-electron chi connectivity index (χ1n) is 7.94. The van der Waals surface area contributed by atoms with Crippen LogP contribution in [0.15, 0.2) is 64.0 Å². The fraction of sp³-hybridized carbons (Fsp3) is 0.211. The van der Waals surface area contributed by atoms with Gasteiger partial charge in [0.1, 0.15) is 0 Å².